The van der Waals surface area contributed by atoms with Crippen molar-refractivity contribution in [3.05, 3.63) is 95.1 Å². The van der Waals surface area contributed by atoms with Gasteiger partial charge in [0.1, 0.15) is 0 Å². The second-order valence-electron chi connectivity index (χ2n) is 7.33. The van der Waals surface area contributed by atoms with Crippen LogP contribution >= 0.6 is 0 Å². The summed E-state index contributed by atoms with van der Waals surface area (Å²) < 4.78 is 30.7. The van der Waals surface area contributed by atoms with E-state index < -0.39 is 16.0 Å². The lowest BCUT2D eigenvalue weighted by Gasteiger charge is -2.23. The fourth-order valence-electron chi connectivity index (χ4n) is 3.16. The molecular weight excluding hydrogens is 428 g/mol. The minimum atomic E-state index is -3.50. The maximum Gasteiger partial charge on any atom is 0.337 e. The van der Waals surface area contributed by atoms with Gasteiger partial charge in [-0.1, -0.05) is 30.3 Å². The molecule has 0 aliphatic carbocycles. The van der Waals surface area contributed by atoms with Gasteiger partial charge in [-0.05, 0) is 60.5 Å². The lowest BCUT2D eigenvalue weighted by molar-refractivity contribution is 0.0600. The van der Waals surface area contributed by atoms with Crippen LogP contribution in [0.5, 0.6) is 0 Å². The molecule has 0 saturated heterocycles. The van der Waals surface area contributed by atoms with Crippen molar-refractivity contribution in [1.29, 1.82) is 0 Å². The maximum atomic E-state index is 12.6. The number of nitrogens with zero attached hydrogens (tertiary/aromatic N) is 1. The summed E-state index contributed by atoms with van der Waals surface area (Å²) >= 11 is 0. The highest BCUT2D eigenvalue weighted by Gasteiger charge is 2.18. The molecule has 1 amide bonds. The van der Waals surface area contributed by atoms with Crippen molar-refractivity contribution in [2.24, 2.45) is 0 Å². The maximum absolute atomic E-state index is 12.6. The van der Waals surface area contributed by atoms with Gasteiger partial charge in [0, 0.05) is 11.3 Å². The van der Waals surface area contributed by atoms with Crippen LogP contribution in [0.2, 0.25) is 0 Å². The first-order chi connectivity index (χ1) is 15.2. The first-order valence-corrected chi connectivity index (χ1v) is 11.7. The van der Waals surface area contributed by atoms with Gasteiger partial charge >= 0.3 is 5.97 Å². The fraction of sp³-hybridized carbons (Fsp3) is 0.167. The minimum Gasteiger partial charge on any atom is -0.465 e. The van der Waals surface area contributed by atoms with Crippen LogP contribution in [0.3, 0.4) is 0 Å². The molecule has 0 unspecified atom stereocenters. The highest BCUT2D eigenvalue weighted by molar-refractivity contribution is 7.92. The van der Waals surface area contributed by atoms with E-state index in [-0.39, 0.29) is 12.5 Å². The van der Waals surface area contributed by atoms with Gasteiger partial charge in [-0.3, -0.25) is 9.10 Å². The van der Waals surface area contributed by atoms with Gasteiger partial charge in [-0.2, -0.15) is 0 Å². The average Bonchev–Trinajstić information content (AvgIpc) is 2.76. The topological polar surface area (TPSA) is 92.8 Å². The molecule has 0 spiro atoms. The molecule has 3 aromatic rings. The van der Waals surface area contributed by atoms with Crippen LogP contribution < -0.4 is 9.62 Å². The summed E-state index contributed by atoms with van der Waals surface area (Å²) in [7, 11) is -2.21. The van der Waals surface area contributed by atoms with Crippen LogP contribution in [0.25, 0.3) is 0 Å². The summed E-state index contributed by atoms with van der Waals surface area (Å²) in [6.45, 7) is 2.05. The number of rotatable bonds is 7. The van der Waals surface area contributed by atoms with Crippen LogP contribution in [0.15, 0.2) is 72.8 Å². The van der Waals surface area contributed by atoms with Crippen molar-refractivity contribution < 1.29 is 22.7 Å². The number of carbonyl (C=O) groups is 2. The standard InChI is InChI=1S/C24H24N2O5S/c1-17-6-4-9-22(14-17)26(32(3,29)30)16-18-10-12-19(13-11-18)23(27)25-21-8-5-7-20(15-21)24(28)31-2/h4-15H,16H2,1-3H3,(H,25,27). The number of esters is 1. The zero-order chi connectivity index (χ0) is 23.3. The van der Waals surface area contributed by atoms with E-state index >= 15 is 0 Å². The number of hydrogen-bond donors (Lipinski definition) is 1. The number of amides is 1. The van der Waals surface area contributed by atoms with E-state index in [1.54, 1.807) is 48.5 Å². The molecule has 3 aromatic carbocycles. The smallest absolute Gasteiger partial charge is 0.337 e. The number of aryl methyl sites for hydroxylation is 1. The van der Waals surface area contributed by atoms with Crippen LogP contribution in [-0.2, 0) is 21.3 Å². The fourth-order valence-corrected chi connectivity index (χ4v) is 4.04. The zero-order valence-electron chi connectivity index (χ0n) is 18.0. The summed E-state index contributed by atoms with van der Waals surface area (Å²) in [6.07, 6.45) is 1.17. The Bertz CT molecular complexity index is 1240. The Morgan fingerprint density at radius 2 is 1.62 bits per heavy atom. The van der Waals surface area contributed by atoms with Gasteiger partial charge in [0.05, 0.1) is 31.2 Å². The largest absolute Gasteiger partial charge is 0.465 e. The quantitative estimate of drug-likeness (QED) is 0.547. The molecule has 0 saturated carbocycles. The van der Waals surface area contributed by atoms with Crippen molar-refractivity contribution in [3.63, 3.8) is 0 Å². The molecule has 0 bridgehead atoms. The van der Waals surface area contributed by atoms with Crippen LogP contribution in [0.1, 0.15) is 31.8 Å². The Morgan fingerprint density at radius 3 is 2.25 bits per heavy atom. The number of hydrogen-bond acceptors (Lipinski definition) is 5. The molecule has 0 radical (unpaired) electrons. The number of carbonyl (C=O) groups excluding carboxylic acids is 2. The molecular formula is C24H24N2O5S. The summed E-state index contributed by atoms with van der Waals surface area (Å²) in [4.78, 5) is 24.2. The average molecular weight is 453 g/mol. The van der Waals surface area contributed by atoms with Gasteiger partial charge < -0.3 is 10.1 Å². The van der Waals surface area contributed by atoms with E-state index in [1.807, 2.05) is 25.1 Å². The Morgan fingerprint density at radius 1 is 0.938 bits per heavy atom. The number of benzene rings is 3. The van der Waals surface area contributed by atoms with Crippen LogP contribution in [0.4, 0.5) is 11.4 Å². The van der Waals surface area contributed by atoms with E-state index in [4.69, 9.17) is 0 Å². The normalized spacial score (nSPS) is 11.0. The zero-order valence-corrected chi connectivity index (χ0v) is 18.8. The van der Waals surface area contributed by atoms with Crippen molar-refractivity contribution in [1.82, 2.24) is 0 Å². The molecule has 0 fully saturated rings. The first-order valence-electron chi connectivity index (χ1n) is 9.80. The molecule has 32 heavy (non-hydrogen) atoms. The Hall–Kier alpha value is -3.65. The molecule has 0 heterocycles. The summed E-state index contributed by atoms with van der Waals surface area (Å²) in [5.41, 5.74) is 3.47. The predicted octanol–water partition coefficient (Wildman–Crippen LogP) is 4.00. The third-order valence-corrected chi connectivity index (χ3v) is 5.91. The number of ether oxygens (including phenoxy) is 1. The number of nitrogens with one attached hydrogen (secondary N) is 1. The molecule has 0 atom stereocenters. The minimum absolute atomic E-state index is 0.144. The number of sulfonamides is 1. The van der Waals surface area contributed by atoms with Crippen LogP contribution in [0, 0.1) is 6.92 Å². The Labute approximate surface area is 187 Å². The number of methoxy groups -OCH3 is 1. The molecule has 8 heteroatoms. The van der Waals surface area contributed by atoms with Gasteiger partial charge in [0.25, 0.3) is 5.91 Å². The summed E-state index contributed by atoms with van der Waals surface area (Å²) in [6, 6.07) is 20.4. The van der Waals surface area contributed by atoms with Crippen molar-refractivity contribution >= 4 is 33.3 Å². The van der Waals surface area contributed by atoms with Gasteiger partial charge in [0.2, 0.25) is 10.0 Å². The third kappa shape index (κ3) is 5.73. The SMILES string of the molecule is COC(=O)c1cccc(NC(=O)c2ccc(CN(c3cccc(C)c3)S(C)(=O)=O)cc2)c1. The third-order valence-electron chi connectivity index (χ3n) is 4.77. The van der Waals surface area contributed by atoms with Crippen molar-refractivity contribution in [2.45, 2.75) is 13.5 Å². The van der Waals surface area contributed by atoms with E-state index in [2.05, 4.69) is 10.1 Å². The van der Waals surface area contributed by atoms with E-state index in [0.29, 0.717) is 22.5 Å². The van der Waals surface area contributed by atoms with Crippen molar-refractivity contribution in [2.75, 3.05) is 23.0 Å². The van der Waals surface area contributed by atoms with E-state index in [9.17, 15) is 18.0 Å². The van der Waals surface area contributed by atoms with Crippen LogP contribution in [-0.4, -0.2) is 33.7 Å². The van der Waals surface area contributed by atoms with E-state index in [0.717, 1.165) is 11.1 Å². The van der Waals surface area contributed by atoms with Gasteiger partial charge in [0.15, 0.2) is 0 Å². The second kappa shape index (κ2) is 9.65. The van der Waals surface area contributed by atoms with Gasteiger partial charge in [-0.15, -0.1) is 0 Å². The second-order valence-corrected chi connectivity index (χ2v) is 9.24. The molecule has 3 rings (SSSR count). The molecule has 7 nitrogen and oxygen atoms in total. The number of anilines is 2. The monoisotopic (exact) mass is 452 g/mol. The summed E-state index contributed by atoms with van der Waals surface area (Å²) in [5.74, 6) is -0.841. The van der Waals surface area contributed by atoms with Gasteiger partial charge in [-0.25, -0.2) is 13.2 Å². The Balaban J connectivity index is 1.75. The molecule has 0 aliphatic heterocycles. The van der Waals surface area contributed by atoms with E-state index in [1.165, 1.54) is 23.7 Å². The molecule has 0 aromatic heterocycles. The highest BCUT2D eigenvalue weighted by atomic mass is 32.2. The lowest BCUT2D eigenvalue weighted by Crippen LogP contribution is -2.29. The lowest BCUT2D eigenvalue weighted by atomic mass is 10.1. The highest BCUT2D eigenvalue weighted by Crippen LogP contribution is 2.22. The first kappa shape index (κ1) is 23.0. The molecule has 166 valence electrons. The molecule has 0 aliphatic rings. The summed E-state index contributed by atoms with van der Waals surface area (Å²) in [5, 5.41) is 2.74. The molecule has 1 N–H and O–H groups in total. The Kier molecular flexibility index (Phi) is 6.95. The van der Waals surface area contributed by atoms with Crippen molar-refractivity contribution in [3.8, 4) is 0 Å². The predicted molar refractivity (Wildman–Crippen MR) is 124 cm³/mol.